The first-order valence-corrected chi connectivity index (χ1v) is 10.6. The molecule has 1 aliphatic carbocycles. The summed E-state index contributed by atoms with van der Waals surface area (Å²) in [5.41, 5.74) is 3.93. The van der Waals surface area contributed by atoms with Gasteiger partial charge in [-0.05, 0) is 37.8 Å². The molecule has 1 atom stereocenters. The van der Waals surface area contributed by atoms with E-state index in [0.29, 0.717) is 18.1 Å². The number of aromatic nitrogens is 6. The van der Waals surface area contributed by atoms with Crippen LogP contribution >= 0.6 is 0 Å². The van der Waals surface area contributed by atoms with Crippen molar-refractivity contribution in [2.75, 3.05) is 11.5 Å². The normalized spacial score (nSPS) is 21.2. The van der Waals surface area contributed by atoms with Crippen LogP contribution in [0, 0.1) is 0 Å². The number of pyridine rings is 1. The lowest BCUT2D eigenvalue weighted by atomic mass is 10.2. The van der Waals surface area contributed by atoms with Crippen LogP contribution < -0.4 is 0 Å². The average Bonchev–Trinajstić information content (AvgIpc) is 3.37. The Morgan fingerprint density at radius 3 is 2.96 bits per heavy atom. The Labute approximate surface area is 150 Å². The lowest BCUT2D eigenvalue weighted by Crippen LogP contribution is -2.14. The van der Waals surface area contributed by atoms with Crippen LogP contribution in [0.1, 0.15) is 30.1 Å². The summed E-state index contributed by atoms with van der Waals surface area (Å²) in [7, 11) is -3.03. The van der Waals surface area contributed by atoms with Crippen molar-refractivity contribution in [3.8, 4) is 22.9 Å². The third-order valence-corrected chi connectivity index (χ3v) is 6.87. The highest BCUT2D eigenvalue weighted by atomic mass is 32.2. The van der Waals surface area contributed by atoms with Crippen molar-refractivity contribution in [1.82, 2.24) is 29.9 Å². The Morgan fingerprint density at radius 2 is 2.19 bits per heavy atom. The summed E-state index contributed by atoms with van der Waals surface area (Å²) in [4.78, 5) is 8.86. The van der Waals surface area contributed by atoms with Crippen LogP contribution in [-0.2, 0) is 22.7 Å². The summed E-state index contributed by atoms with van der Waals surface area (Å²) in [5.74, 6) is 1.48. The first kappa shape index (κ1) is 15.7. The molecule has 0 amide bonds. The quantitative estimate of drug-likeness (QED) is 0.750. The highest BCUT2D eigenvalue weighted by molar-refractivity contribution is 7.91. The van der Waals surface area contributed by atoms with Gasteiger partial charge < -0.3 is 0 Å². The van der Waals surface area contributed by atoms with E-state index in [9.17, 15) is 8.42 Å². The Hall–Kier alpha value is -2.55. The van der Waals surface area contributed by atoms with E-state index in [-0.39, 0.29) is 17.5 Å². The SMILES string of the molecule is O=S1(=O)CCC(n2nc(-c3cccnc3)nc2-c2n[nH]c3c2CCC3)C1. The van der Waals surface area contributed by atoms with Crippen LogP contribution in [0.4, 0.5) is 0 Å². The van der Waals surface area contributed by atoms with Gasteiger partial charge in [-0.15, -0.1) is 0 Å². The predicted molar refractivity (Wildman–Crippen MR) is 95.2 cm³/mol. The van der Waals surface area contributed by atoms with E-state index in [1.165, 1.54) is 5.56 Å². The number of nitrogens with one attached hydrogen (secondary N) is 1. The van der Waals surface area contributed by atoms with Crippen molar-refractivity contribution in [2.45, 2.75) is 31.7 Å². The second-order valence-electron chi connectivity index (χ2n) is 6.89. The molecular formula is C17H18N6O2S. The fraction of sp³-hybridized carbons (Fsp3) is 0.412. The van der Waals surface area contributed by atoms with Gasteiger partial charge in [-0.25, -0.2) is 18.1 Å². The zero-order valence-electron chi connectivity index (χ0n) is 14.1. The molecule has 1 fully saturated rings. The molecule has 0 saturated carbocycles. The van der Waals surface area contributed by atoms with Crippen molar-refractivity contribution in [2.24, 2.45) is 0 Å². The number of aryl methyl sites for hydroxylation is 1. The van der Waals surface area contributed by atoms with Gasteiger partial charge in [-0.3, -0.25) is 10.1 Å². The molecule has 1 unspecified atom stereocenters. The van der Waals surface area contributed by atoms with Gasteiger partial charge in [0, 0.05) is 29.2 Å². The third kappa shape index (κ3) is 2.54. The van der Waals surface area contributed by atoms with E-state index in [0.717, 1.165) is 36.2 Å². The monoisotopic (exact) mass is 370 g/mol. The van der Waals surface area contributed by atoms with Gasteiger partial charge in [0.1, 0.15) is 5.69 Å². The second-order valence-corrected chi connectivity index (χ2v) is 9.11. The number of rotatable bonds is 3. The summed E-state index contributed by atoms with van der Waals surface area (Å²) >= 11 is 0. The molecule has 8 nitrogen and oxygen atoms in total. The molecule has 134 valence electrons. The third-order valence-electron chi connectivity index (χ3n) is 5.12. The molecule has 0 radical (unpaired) electrons. The zero-order chi connectivity index (χ0) is 17.7. The van der Waals surface area contributed by atoms with Gasteiger partial charge in [0.15, 0.2) is 21.5 Å². The first-order valence-electron chi connectivity index (χ1n) is 8.74. The van der Waals surface area contributed by atoms with E-state index in [4.69, 9.17) is 4.98 Å². The highest BCUT2D eigenvalue weighted by Crippen LogP contribution is 2.34. The number of aromatic amines is 1. The lowest BCUT2D eigenvalue weighted by molar-refractivity contribution is 0.504. The van der Waals surface area contributed by atoms with Gasteiger partial charge in [0.2, 0.25) is 0 Å². The molecule has 1 saturated heterocycles. The van der Waals surface area contributed by atoms with Crippen molar-refractivity contribution in [3.63, 3.8) is 0 Å². The minimum Gasteiger partial charge on any atom is -0.282 e. The molecule has 4 heterocycles. The first-order chi connectivity index (χ1) is 12.6. The van der Waals surface area contributed by atoms with Crippen LogP contribution in [-0.4, -0.2) is 49.9 Å². The molecule has 9 heteroatoms. The minimum atomic E-state index is -3.03. The summed E-state index contributed by atoms with van der Waals surface area (Å²) in [6.07, 6.45) is 7.01. The van der Waals surface area contributed by atoms with Crippen molar-refractivity contribution >= 4 is 9.84 Å². The van der Waals surface area contributed by atoms with Crippen LogP contribution in [0.2, 0.25) is 0 Å². The van der Waals surface area contributed by atoms with E-state index < -0.39 is 9.84 Å². The molecule has 3 aromatic rings. The summed E-state index contributed by atoms with van der Waals surface area (Å²) in [6.45, 7) is 0. The number of hydrogen-bond acceptors (Lipinski definition) is 6. The van der Waals surface area contributed by atoms with Crippen molar-refractivity contribution in [1.29, 1.82) is 0 Å². The maximum atomic E-state index is 12.0. The minimum absolute atomic E-state index is 0.0997. The van der Waals surface area contributed by atoms with Gasteiger partial charge in [-0.2, -0.15) is 10.2 Å². The zero-order valence-corrected chi connectivity index (χ0v) is 14.9. The molecule has 0 spiro atoms. The van der Waals surface area contributed by atoms with E-state index >= 15 is 0 Å². The number of sulfone groups is 1. The summed E-state index contributed by atoms with van der Waals surface area (Å²) < 4.78 is 25.7. The molecule has 1 N–H and O–H groups in total. The van der Waals surface area contributed by atoms with Gasteiger partial charge >= 0.3 is 0 Å². The van der Waals surface area contributed by atoms with Gasteiger partial charge in [0.05, 0.1) is 17.5 Å². The predicted octanol–water partition coefficient (Wildman–Crippen LogP) is 1.58. The van der Waals surface area contributed by atoms with Crippen molar-refractivity contribution < 1.29 is 8.42 Å². The number of hydrogen-bond donors (Lipinski definition) is 1. The highest BCUT2D eigenvalue weighted by Gasteiger charge is 2.34. The van der Waals surface area contributed by atoms with Crippen LogP contribution in [0.5, 0.6) is 0 Å². The van der Waals surface area contributed by atoms with Gasteiger partial charge in [-0.1, -0.05) is 0 Å². The molecule has 2 aliphatic rings. The van der Waals surface area contributed by atoms with Crippen molar-refractivity contribution in [3.05, 3.63) is 35.8 Å². The maximum absolute atomic E-state index is 12.0. The summed E-state index contributed by atoms with van der Waals surface area (Å²) in [6, 6.07) is 3.53. The Bertz CT molecular complexity index is 1070. The van der Waals surface area contributed by atoms with E-state index in [1.54, 1.807) is 17.1 Å². The standard InChI is InChI=1S/C17H18N6O2S/c24-26(25)8-6-12(10-26)23-17(15-13-4-1-5-14(13)20-21-15)19-16(22-23)11-3-2-7-18-9-11/h2-3,7,9,12H,1,4-6,8,10H2,(H,20,21). The lowest BCUT2D eigenvalue weighted by Gasteiger charge is -2.11. The fourth-order valence-electron chi connectivity index (χ4n) is 3.83. The molecule has 3 aromatic heterocycles. The van der Waals surface area contributed by atoms with Crippen LogP contribution in [0.15, 0.2) is 24.5 Å². The molecule has 0 bridgehead atoms. The topological polar surface area (TPSA) is 106 Å². The molecule has 1 aliphatic heterocycles. The van der Waals surface area contributed by atoms with Crippen LogP contribution in [0.25, 0.3) is 22.9 Å². The smallest absolute Gasteiger partial charge is 0.183 e. The molecule has 26 heavy (non-hydrogen) atoms. The van der Waals surface area contributed by atoms with Gasteiger partial charge in [0.25, 0.3) is 0 Å². The maximum Gasteiger partial charge on any atom is 0.183 e. The average molecular weight is 370 g/mol. The molecule has 0 aromatic carbocycles. The fourth-order valence-corrected chi connectivity index (χ4v) is 5.52. The van der Waals surface area contributed by atoms with Crippen LogP contribution in [0.3, 0.4) is 0 Å². The Balaban J connectivity index is 1.65. The second kappa shape index (κ2) is 5.73. The number of fused-ring (bicyclic) bond motifs is 1. The number of H-pyrrole nitrogens is 1. The summed E-state index contributed by atoms with van der Waals surface area (Å²) in [5, 5.41) is 12.2. The Kier molecular flexibility index (Phi) is 3.46. The van der Waals surface area contributed by atoms with E-state index in [1.807, 2.05) is 12.1 Å². The molecule has 5 rings (SSSR count). The van der Waals surface area contributed by atoms with E-state index in [2.05, 4.69) is 20.3 Å². The largest absolute Gasteiger partial charge is 0.282 e. The number of nitrogens with zero attached hydrogens (tertiary/aromatic N) is 5. The molecular weight excluding hydrogens is 352 g/mol. The Morgan fingerprint density at radius 1 is 1.27 bits per heavy atom.